The average Bonchev–Trinajstić information content (AvgIpc) is 2.72. The van der Waals surface area contributed by atoms with Gasteiger partial charge in [-0.2, -0.15) is 0 Å². The van der Waals surface area contributed by atoms with E-state index in [1.807, 2.05) is 60.7 Å². The van der Waals surface area contributed by atoms with E-state index in [2.05, 4.69) is 5.32 Å². The van der Waals surface area contributed by atoms with Crippen molar-refractivity contribution in [3.05, 3.63) is 66.7 Å². The normalized spacial score (nSPS) is 10.6. The molecule has 5 nitrogen and oxygen atoms in total. The average molecular weight is 409 g/mol. The Morgan fingerprint density at radius 3 is 2.52 bits per heavy atom. The predicted octanol–water partition coefficient (Wildman–Crippen LogP) is 5.41. The molecule has 6 heteroatoms. The lowest BCUT2D eigenvalue weighted by molar-refractivity contribution is -0.116. The highest BCUT2D eigenvalue weighted by Gasteiger charge is 2.12. The molecule has 0 bridgehead atoms. The molecule has 0 radical (unpaired) electrons. The molecule has 0 spiro atoms. The van der Waals surface area contributed by atoms with Crippen molar-refractivity contribution in [2.24, 2.45) is 0 Å². The maximum atomic E-state index is 12.3. The number of amides is 2. The predicted molar refractivity (Wildman–Crippen MR) is 119 cm³/mol. The number of hydrogen-bond donors (Lipinski definition) is 1. The van der Waals surface area contributed by atoms with Gasteiger partial charge >= 0.3 is 0 Å². The Morgan fingerprint density at radius 2 is 1.69 bits per heavy atom. The maximum absolute atomic E-state index is 12.3. The number of anilines is 1. The summed E-state index contributed by atoms with van der Waals surface area (Å²) in [7, 11) is 3.40. The van der Waals surface area contributed by atoms with Gasteiger partial charge < -0.3 is 15.0 Å². The van der Waals surface area contributed by atoms with Crippen LogP contribution < -0.4 is 10.1 Å². The van der Waals surface area contributed by atoms with Crippen molar-refractivity contribution in [2.75, 3.05) is 26.0 Å². The number of carbonyl (C=O) groups is 2. The molecule has 0 unspecified atom stereocenters. The fourth-order valence-corrected chi connectivity index (χ4v) is 3.54. The van der Waals surface area contributed by atoms with Crippen LogP contribution in [-0.4, -0.2) is 36.7 Å². The highest BCUT2D eigenvalue weighted by atomic mass is 32.2. The Hall–Kier alpha value is -2.99. The first-order valence-corrected chi connectivity index (χ1v) is 10.2. The van der Waals surface area contributed by atoms with Crippen LogP contribution in [0.3, 0.4) is 0 Å². The summed E-state index contributed by atoms with van der Waals surface area (Å²) in [5, 5.41) is 5.00. The summed E-state index contributed by atoms with van der Waals surface area (Å²) in [4.78, 5) is 26.5. The second-order valence-electron chi connectivity index (χ2n) is 6.74. The van der Waals surface area contributed by atoms with Crippen LogP contribution in [0.1, 0.15) is 12.8 Å². The van der Waals surface area contributed by atoms with Gasteiger partial charge in [0.2, 0.25) is 5.91 Å². The van der Waals surface area contributed by atoms with Crippen LogP contribution in [0.2, 0.25) is 0 Å². The van der Waals surface area contributed by atoms with Gasteiger partial charge in [0.05, 0.1) is 12.3 Å². The summed E-state index contributed by atoms with van der Waals surface area (Å²) in [6.07, 6.45) is 0.937. The van der Waals surface area contributed by atoms with Gasteiger partial charge in [-0.15, -0.1) is 0 Å². The van der Waals surface area contributed by atoms with Crippen molar-refractivity contribution in [2.45, 2.75) is 17.7 Å². The van der Waals surface area contributed by atoms with E-state index >= 15 is 0 Å². The molecular formula is C23H24N2O3S. The van der Waals surface area contributed by atoms with Gasteiger partial charge in [0, 0.05) is 30.8 Å². The summed E-state index contributed by atoms with van der Waals surface area (Å²) >= 11 is 1.09. The number of carbonyl (C=O) groups excluding carboxylic acids is 2. The van der Waals surface area contributed by atoms with Crippen LogP contribution in [-0.2, 0) is 4.79 Å². The fourth-order valence-electron chi connectivity index (χ4n) is 2.79. The standard InChI is InChI=1S/C23H24N2O3S/c1-25(2)23(27)29-21-14-6-5-12-19(21)24-22(26)15-8-16-28-20-13-7-10-17-9-3-4-11-18(17)20/h3-7,9-14H,8,15-16H2,1-2H3,(H,24,26). The van der Waals surface area contributed by atoms with Crippen molar-refractivity contribution in [3.63, 3.8) is 0 Å². The number of hydrogen-bond acceptors (Lipinski definition) is 4. The third kappa shape index (κ3) is 5.74. The summed E-state index contributed by atoms with van der Waals surface area (Å²) in [5.41, 5.74) is 0.646. The van der Waals surface area contributed by atoms with Gasteiger partial charge in [-0.3, -0.25) is 9.59 Å². The van der Waals surface area contributed by atoms with Crippen LogP contribution in [0, 0.1) is 0 Å². The van der Waals surface area contributed by atoms with E-state index < -0.39 is 0 Å². The monoisotopic (exact) mass is 408 g/mol. The molecule has 3 rings (SSSR count). The molecule has 0 heterocycles. The molecule has 0 aliphatic carbocycles. The minimum atomic E-state index is -0.100. The Labute approximate surface area is 175 Å². The highest BCUT2D eigenvalue weighted by Crippen LogP contribution is 2.29. The molecule has 150 valence electrons. The quantitative estimate of drug-likeness (QED) is 0.419. The number of rotatable bonds is 7. The zero-order chi connectivity index (χ0) is 20.6. The van der Waals surface area contributed by atoms with Crippen molar-refractivity contribution in [1.82, 2.24) is 4.90 Å². The van der Waals surface area contributed by atoms with Gasteiger partial charge in [0.15, 0.2) is 0 Å². The smallest absolute Gasteiger partial charge is 0.286 e. The minimum Gasteiger partial charge on any atom is -0.493 e. The van der Waals surface area contributed by atoms with Crippen LogP contribution in [0.25, 0.3) is 10.8 Å². The molecule has 0 saturated heterocycles. The number of fused-ring (bicyclic) bond motifs is 1. The fraction of sp³-hybridized carbons (Fsp3) is 0.217. The van der Waals surface area contributed by atoms with Crippen LogP contribution in [0.4, 0.5) is 10.5 Å². The van der Waals surface area contributed by atoms with E-state index in [9.17, 15) is 9.59 Å². The third-order valence-corrected chi connectivity index (χ3v) is 5.39. The number of thioether (sulfide) groups is 1. The molecule has 0 fully saturated rings. The first-order valence-electron chi connectivity index (χ1n) is 9.43. The van der Waals surface area contributed by atoms with Gasteiger partial charge in [-0.25, -0.2) is 0 Å². The maximum Gasteiger partial charge on any atom is 0.286 e. The lowest BCUT2D eigenvalue weighted by Gasteiger charge is -2.13. The lowest BCUT2D eigenvalue weighted by Crippen LogP contribution is -2.17. The lowest BCUT2D eigenvalue weighted by atomic mass is 10.1. The largest absolute Gasteiger partial charge is 0.493 e. The summed E-state index contributed by atoms with van der Waals surface area (Å²) in [6, 6.07) is 21.3. The van der Waals surface area contributed by atoms with E-state index in [0.29, 0.717) is 25.1 Å². The minimum absolute atomic E-state index is 0.0878. The molecule has 3 aromatic carbocycles. The molecule has 0 aliphatic heterocycles. The number of nitrogens with zero attached hydrogens (tertiary/aromatic N) is 1. The number of ether oxygens (including phenoxy) is 1. The molecule has 1 N–H and O–H groups in total. The number of nitrogens with one attached hydrogen (secondary N) is 1. The number of para-hydroxylation sites is 1. The summed E-state index contributed by atoms with van der Waals surface area (Å²) < 4.78 is 5.89. The molecular weight excluding hydrogens is 384 g/mol. The van der Waals surface area contributed by atoms with Crippen LogP contribution >= 0.6 is 11.8 Å². The van der Waals surface area contributed by atoms with Crippen molar-refractivity contribution >= 4 is 39.4 Å². The second-order valence-corrected chi connectivity index (χ2v) is 7.73. The Morgan fingerprint density at radius 1 is 0.966 bits per heavy atom. The van der Waals surface area contributed by atoms with Crippen molar-refractivity contribution < 1.29 is 14.3 Å². The second kappa shape index (κ2) is 9.98. The molecule has 0 aromatic heterocycles. The molecule has 2 amide bonds. The SMILES string of the molecule is CN(C)C(=O)Sc1ccccc1NC(=O)CCCOc1cccc2ccccc12. The van der Waals surface area contributed by atoms with Crippen molar-refractivity contribution in [3.8, 4) is 5.75 Å². The third-order valence-electron chi connectivity index (χ3n) is 4.28. The Bertz CT molecular complexity index is 999. The zero-order valence-corrected chi connectivity index (χ0v) is 17.4. The first kappa shape index (κ1) is 20.7. The van der Waals surface area contributed by atoms with Crippen molar-refractivity contribution in [1.29, 1.82) is 0 Å². The Balaban J connectivity index is 1.51. The van der Waals surface area contributed by atoms with Crippen LogP contribution in [0.5, 0.6) is 5.75 Å². The van der Waals surface area contributed by atoms with Gasteiger partial charge in [-0.05, 0) is 41.8 Å². The molecule has 0 aliphatic rings. The topological polar surface area (TPSA) is 58.6 Å². The molecule has 3 aromatic rings. The molecule has 0 saturated carbocycles. The molecule has 0 atom stereocenters. The molecule has 29 heavy (non-hydrogen) atoms. The van der Waals surface area contributed by atoms with Gasteiger partial charge in [-0.1, -0.05) is 48.5 Å². The van der Waals surface area contributed by atoms with Crippen LogP contribution in [0.15, 0.2) is 71.6 Å². The summed E-state index contributed by atoms with van der Waals surface area (Å²) in [6.45, 7) is 0.455. The highest BCUT2D eigenvalue weighted by molar-refractivity contribution is 8.13. The van der Waals surface area contributed by atoms with Gasteiger partial charge in [0.1, 0.15) is 5.75 Å². The first-order chi connectivity index (χ1) is 14.0. The Kier molecular flexibility index (Phi) is 7.14. The number of benzene rings is 3. The summed E-state index contributed by atoms with van der Waals surface area (Å²) in [5.74, 6) is 0.726. The van der Waals surface area contributed by atoms with E-state index in [4.69, 9.17) is 4.74 Å². The zero-order valence-electron chi connectivity index (χ0n) is 16.6. The van der Waals surface area contributed by atoms with Gasteiger partial charge in [0.25, 0.3) is 5.24 Å². The van der Waals surface area contributed by atoms with E-state index in [0.717, 1.165) is 33.2 Å². The van der Waals surface area contributed by atoms with E-state index in [-0.39, 0.29) is 11.1 Å². The van der Waals surface area contributed by atoms with E-state index in [1.165, 1.54) is 4.90 Å². The van der Waals surface area contributed by atoms with E-state index in [1.54, 1.807) is 20.2 Å².